The van der Waals surface area contributed by atoms with Gasteiger partial charge in [0.15, 0.2) is 5.76 Å². The van der Waals surface area contributed by atoms with Gasteiger partial charge in [-0.3, -0.25) is 0 Å². The highest BCUT2D eigenvalue weighted by molar-refractivity contribution is 6.30. The maximum absolute atomic E-state index is 13.9. The monoisotopic (exact) mass is 321 g/mol. The first-order valence-electron chi connectivity index (χ1n) is 6.41. The Morgan fingerprint density at radius 3 is 2.45 bits per heavy atom. The highest BCUT2D eigenvalue weighted by Gasteiger charge is 2.21. The lowest BCUT2D eigenvalue weighted by atomic mass is 10.0. The topological polar surface area (TPSA) is 46.3 Å². The van der Waals surface area contributed by atoms with Crippen molar-refractivity contribution in [1.29, 1.82) is 0 Å². The van der Waals surface area contributed by atoms with Crippen molar-refractivity contribution in [3.8, 4) is 22.6 Å². The van der Waals surface area contributed by atoms with Gasteiger partial charge in [-0.15, -0.1) is 0 Å². The number of benzene rings is 2. The average Bonchev–Trinajstić information content (AvgIpc) is 2.91. The van der Waals surface area contributed by atoms with E-state index in [-0.39, 0.29) is 11.3 Å². The van der Waals surface area contributed by atoms with Gasteiger partial charge < -0.3 is 9.63 Å². The van der Waals surface area contributed by atoms with E-state index in [1.807, 2.05) is 0 Å². The lowest BCUT2D eigenvalue weighted by Crippen LogP contribution is -1.91. The minimum atomic E-state index is -0.784. The van der Waals surface area contributed by atoms with E-state index < -0.39 is 18.2 Å². The molecule has 112 valence electrons. The van der Waals surface area contributed by atoms with E-state index in [4.69, 9.17) is 16.1 Å². The lowest BCUT2D eigenvalue weighted by Gasteiger charge is -2.03. The molecule has 0 amide bonds. The number of nitrogens with zero attached hydrogens (tertiary/aromatic N) is 1. The fourth-order valence-corrected chi connectivity index (χ4v) is 2.30. The van der Waals surface area contributed by atoms with Gasteiger partial charge in [-0.05, 0) is 24.3 Å². The van der Waals surface area contributed by atoms with Crippen LogP contribution >= 0.6 is 11.6 Å². The summed E-state index contributed by atoms with van der Waals surface area (Å²) in [5.41, 5.74) is 1.43. The Bertz CT molecular complexity index is 816. The van der Waals surface area contributed by atoms with Crippen LogP contribution in [0.5, 0.6) is 0 Å². The van der Waals surface area contributed by atoms with Crippen molar-refractivity contribution in [2.45, 2.75) is 6.61 Å². The van der Waals surface area contributed by atoms with Gasteiger partial charge in [0.05, 0.1) is 17.7 Å². The zero-order valence-corrected chi connectivity index (χ0v) is 11.9. The van der Waals surface area contributed by atoms with Crippen molar-refractivity contribution in [2.75, 3.05) is 0 Å². The molecule has 0 aliphatic rings. The molecule has 0 spiro atoms. The van der Waals surface area contributed by atoms with Gasteiger partial charge in [0, 0.05) is 16.7 Å². The predicted molar refractivity (Wildman–Crippen MR) is 78.2 cm³/mol. The number of aliphatic hydroxyl groups excluding tert-OH is 1. The Labute approximate surface area is 129 Å². The molecule has 1 aromatic heterocycles. The molecule has 3 aromatic rings. The second kappa shape index (κ2) is 5.87. The van der Waals surface area contributed by atoms with E-state index in [1.54, 1.807) is 24.3 Å². The molecule has 0 atom stereocenters. The molecule has 0 radical (unpaired) electrons. The van der Waals surface area contributed by atoms with Crippen LogP contribution in [0.4, 0.5) is 8.78 Å². The standard InChI is InChI=1S/C16H10ClF2NO2/c17-10-3-1-9(2-4-10)15-13(8-21)16(22-20-15)12-6-5-11(18)7-14(12)19/h1-7,21H,8H2. The molecule has 0 saturated carbocycles. The maximum atomic E-state index is 13.9. The summed E-state index contributed by atoms with van der Waals surface area (Å²) in [6, 6.07) is 9.88. The van der Waals surface area contributed by atoms with Gasteiger partial charge in [0.1, 0.15) is 17.3 Å². The molecule has 3 nitrogen and oxygen atoms in total. The van der Waals surface area contributed by atoms with Crippen molar-refractivity contribution >= 4 is 11.6 Å². The van der Waals surface area contributed by atoms with Gasteiger partial charge in [-0.1, -0.05) is 28.9 Å². The highest BCUT2D eigenvalue weighted by atomic mass is 35.5. The van der Waals surface area contributed by atoms with Crippen molar-refractivity contribution in [2.24, 2.45) is 0 Å². The average molecular weight is 322 g/mol. The maximum Gasteiger partial charge on any atom is 0.175 e. The first kappa shape index (κ1) is 14.7. The largest absolute Gasteiger partial charge is 0.391 e. The summed E-state index contributed by atoms with van der Waals surface area (Å²) in [4.78, 5) is 0. The smallest absolute Gasteiger partial charge is 0.175 e. The zero-order valence-electron chi connectivity index (χ0n) is 11.2. The van der Waals surface area contributed by atoms with E-state index in [2.05, 4.69) is 5.16 Å². The number of aliphatic hydroxyl groups is 1. The van der Waals surface area contributed by atoms with Gasteiger partial charge in [-0.2, -0.15) is 0 Å². The second-order valence-corrected chi connectivity index (χ2v) is 5.06. The highest BCUT2D eigenvalue weighted by Crippen LogP contribution is 2.34. The summed E-state index contributed by atoms with van der Waals surface area (Å²) >= 11 is 5.83. The summed E-state index contributed by atoms with van der Waals surface area (Å²) < 4.78 is 32.1. The Morgan fingerprint density at radius 1 is 1.09 bits per heavy atom. The number of hydrogen-bond donors (Lipinski definition) is 1. The van der Waals surface area contributed by atoms with Crippen molar-refractivity contribution in [3.63, 3.8) is 0 Å². The first-order chi connectivity index (χ1) is 10.6. The summed E-state index contributed by atoms with van der Waals surface area (Å²) in [6.07, 6.45) is 0. The summed E-state index contributed by atoms with van der Waals surface area (Å²) in [7, 11) is 0. The van der Waals surface area contributed by atoms with Gasteiger partial charge in [0.25, 0.3) is 0 Å². The van der Waals surface area contributed by atoms with Crippen molar-refractivity contribution < 1.29 is 18.4 Å². The fourth-order valence-electron chi connectivity index (χ4n) is 2.18. The lowest BCUT2D eigenvalue weighted by molar-refractivity contribution is 0.281. The Hall–Kier alpha value is -2.24. The van der Waals surface area contributed by atoms with Gasteiger partial charge in [-0.25, -0.2) is 8.78 Å². The number of hydrogen-bond acceptors (Lipinski definition) is 3. The molecule has 1 heterocycles. The van der Waals surface area contributed by atoms with Crippen LogP contribution in [0.25, 0.3) is 22.6 Å². The molecule has 6 heteroatoms. The Balaban J connectivity index is 2.13. The molecule has 0 fully saturated rings. The van der Waals surface area contributed by atoms with Gasteiger partial charge >= 0.3 is 0 Å². The third-order valence-corrected chi connectivity index (χ3v) is 3.49. The molecular formula is C16H10ClF2NO2. The van der Waals surface area contributed by atoms with Crippen LogP contribution in [0.1, 0.15) is 5.56 Å². The van der Waals surface area contributed by atoms with E-state index in [0.29, 0.717) is 21.8 Å². The van der Waals surface area contributed by atoms with E-state index in [0.717, 1.165) is 12.1 Å². The predicted octanol–water partition coefficient (Wildman–Crippen LogP) is 4.43. The molecule has 1 N–H and O–H groups in total. The van der Waals surface area contributed by atoms with Crippen molar-refractivity contribution in [1.82, 2.24) is 5.16 Å². The summed E-state index contributed by atoms with van der Waals surface area (Å²) in [5.74, 6) is -1.40. The third-order valence-electron chi connectivity index (χ3n) is 3.24. The normalized spacial score (nSPS) is 10.9. The van der Waals surface area contributed by atoms with Crippen LogP contribution in [0.15, 0.2) is 47.0 Å². The quantitative estimate of drug-likeness (QED) is 0.776. The Kier molecular flexibility index (Phi) is 3.92. The van der Waals surface area contributed by atoms with E-state index in [9.17, 15) is 13.9 Å². The molecule has 0 saturated heterocycles. The SMILES string of the molecule is OCc1c(-c2ccc(Cl)cc2)noc1-c1ccc(F)cc1F. The molecule has 2 aromatic carbocycles. The van der Waals surface area contributed by atoms with Crippen LogP contribution < -0.4 is 0 Å². The molecule has 0 aliphatic carbocycles. The minimum absolute atomic E-state index is 0.0400. The van der Waals surface area contributed by atoms with Crippen LogP contribution in [0.3, 0.4) is 0 Å². The zero-order chi connectivity index (χ0) is 15.7. The number of rotatable bonds is 3. The van der Waals surface area contributed by atoms with Crippen LogP contribution in [0.2, 0.25) is 5.02 Å². The number of aromatic nitrogens is 1. The van der Waals surface area contributed by atoms with Crippen LogP contribution in [0, 0.1) is 11.6 Å². The van der Waals surface area contributed by atoms with Crippen LogP contribution in [-0.4, -0.2) is 10.3 Å². The molecule has 3 rings (SSSR count). The molecule has 0 bridgehead atoms. The molecule has 0 unspecified atom stereocenters. The third kappa shape index (κ3) is 2.61. The van der Waals surface area contributed by atoms with Crippen LogP contribution in [-0.2, 0) is 6.61 Å². The van der Waals surface area contributed by atoms with Gasteiger partial charge in [0.2, 0.25) is 0 Å². The number of halogens is 3. The minimum Gasteiger partial charge on any atom is -0.391 e. The summed E-state index contributed by atoms with van der Waals surface area (Å²) in [5, 5.41) is 14.0. The van der Waals surface area contributed by atoms with E-state index >= 15 is 0 Å². The Morgan fingerprint density at radius 2 is 1.82 bits per heavy atom. The molecular weight excluding hydrogens is 312 g/mol. The first-order valence-corrected chi connectivity index (χ1v) is 6.78. The van der Waals surface area contributed by atoms with E-state index in [1.165, 1.54) is 6.07 Å². The summed E-state index contributed by atoms with van der Waals surface area (Å²) in [6.45, 7) is -0.395. The molecule has 22 heavy (non-hydrogen) atoms. The van der Waals surface area contributed by atoms with Crippen molar-refractivity contribution in [3.05, 3.63) is 64.7 Å². The fraction of sp³-hybridized carbons (Fsp3) is 0.0625. The second-order valence-electron chi connectivity index (χ2n) is 4.63. The molecule has 0 aliphatic heterocycles.